The van der Waals surface area contributed by atoms with Gasteiger partial charge in [0.15, 0.2) is 5.82 Å². The monoisotopic (exact) mass is 195 g/mol. The van der Waals surface area contributed by atoms with Crippen molar-refractivity contribution in [3.63, 3.8) is 0 Å². The molecule has 0 amide bonds. The molecule has 1 aromatic rings. The molecular weight excluding hydrogens is 178 g/mol. The Bertz CT molecular complexity index is 297. The summed E-state index contributed by atoms with van der Waals surface area (Å²) >= 11 is 0. The van der Waals surface area contributed by atoms with Crippen molar-refractivity contribution in [2.24, 2.45) is 5.73 Å². The molecule has 1 heterocycles. The smallest absolute Gasteiger partial charge is 0.231 e. The highest BCUT2D eigenvalue weighted by atomic mass is 16.5. The second-order valence-corrected chi connectivity index (χ2v) is 3.96. The van der Waals surface area contributed by atoms with Crippen molar-refractivity contribution in [1.29, 1.82) is 0 Å². The molecule has 14 heavy (non-hydrogen) atoms. The molecule has 0 bridgehead atoms. The van der Waals surface area contributed by atoms with E-state index in [4.69, 9.17) is 10.3 Å². The van der Waals surface area contributed by atoms with Gasteiger partial charge in [0.05, 0.1) is 5.92 Å². The fourth-order valence-corrected chi connectivity index (χ4v) is 2.03. The number of hydrogen-bond acceptors (Lipinski definition) is 4. The fraction of sp³-hybridized carbons (Fsp3) is 0.800. The summed E-state index contributed by atoms with van der Waals surface area (Å²) in [5.41, 5.74) is 6.03. The summed E-state index contributed by atoms with van der Waals surface area (Å²) in [5, 5.41) is 3.90. The lowest BCUT2D eigenvalue weighted by Crippen LogP contribution is -2.31. The van der Waals surface area contributed by atoms with Gasteiger partial charge < -0.3 is 10.3 Å². The highest BCUT2D eigenvalue weighted by Crippen LogP contribution is 2.30. The quantitative estimate of drug-likeness (QED) is 0.778. The van der Waals surface area contributed by atoms with E-state index in [1.165, 1.54) is 12.8 Å². The molecule has 0 spiro atoms. The van der Waals surface area contributed by atoms with Crippen molar-refractivity contribution in [2.45, 2.75) is 51.0 Å². The maximum absolute atomic E-state index is 6.03. The predicted molar refractivity (Wildman–Crippen MR) is 52.9 cm³/mol. The molecule has 1 aromatic heterocycles. The predicted octanol–water partition coefficient (Wildman–Crippen LogP) is 1.62. The first-order valence-electron chi connectivity index (χ1n) is 5.39. The largest absolute Gasteiger partial charge is 0.339 e. The van der Waals surface area contributed by atoms with Crippen LogP contribution in [0, 0.1) is 0 Å². The summed E-state index contributed by atoms with van der Waals surface area (Å²) in [4.78, 5) is 4.35. The van der Waals surface area contributed by atoms with Crippen LogP contribution in [0.1, 0.15) is 50.2 Å². The minimum atomic E-state index is 0.203. The first-order valence-corrected chi connectivity index (χ1v) is 5.39. The van der Waals surface area contributed by atoms with Crippen LogP contribution >= 0.6 is 0 Å². The molecule has 4 heteroatoms. The van der Waals surface area contributed by atoms with E-state index in [0.717, 1.165) is 31.0 Å². The number of aromatic nitrogens is 2. The molecule has 1 saturated carbocycles. The molecule has 2 unspecified atom stereocenters. The molecule has 0 radical (unpaired) electrons. The Kier molecular flexibility index (Phi) is 2.82. The van der Waals surface area contributed by atoms with Gasteiger partial charge in [-0.25, -0.2) is 0 Å². The van der Waals surface area contributed by atoms with E-state index < -0.39 is 0 Å². The average Bonchev–Trinajstić information content (AvgIpc) is 2.67. The third kappa shape index (κ3) is 1.80. The van der Waals surface area contributed by atoms with E-state index in [1.54, 1.807) is 0 Å². The highest BCUT2D eigenvalue weighted by Gasteiger charge is 2.27. The van der Waals surface area contributed by atoms with Crippen molar-refractivity contribution in [3.05, 3.63) is 11.7 Å². The summed E-state index contributed by atoms with van der Waals surface area (Å²) in [6, 6.07) is 0.203. The third-order valence-corrected chi connectivity index (χ3v) is 2.94. The number of nitrogens with zero attached hydrogens (tertiary/aromatic N) is 2. The summed E-state index contributed by atoms with van der Waals surface area (Å²) in [5.74, 6) is 1.82. The first-order chi connectivity index (χ1) is 6.81. The van der Waals surface area contributed by atoms with Gasteiger partial charge in [0, 0.05) is 12.5 Å². The Balaban J connectivity index is 2.12. The molecule has 2 N–H and O–H groups in total. The molecule has 0 aliphatic heterocycles. The SMILES string of the molecule is CCc1noc(C2CCCCC2N)n1. The minimum absolute atomic E-state index is 0.203. The van der Waals surface area contributed by atoms with E-state index in [-0.39, 0.29) is 12.0 Å². The van der Waals surface area contributed by atoms with Gasteiger partial charge in [-0.2, -0.15) is 4.98 Å². The van der Waals surface area contributed by atoms with Crippen molar-refractivity contribution >= 4 is 0 Å². The number of rotatable bonds is 2. The molecule has 0 saturated heterocycles. The summed E-state index contributed by atoms with van der Waals surface area (Å²) < 4.78 is 5.22. The highest BCUT2D eigenvalue weighted by molar-refractivity contribution is 5.00. The molecule has 2 atom stereocenters. The van der Waals surface area contributed by atoms with Gasteiger partial charge in [0.1, 0.15) is 0 Å². The normalized spacial score (nSPS) is 27.9. The Hall–Kier alpha value is -0.900. The van der Waals surface area contributed by atoms with E-state index in [1.807, 2.05) is 6.92 Å². The minimum Gasteiger partial charge on any atom is -0.339 e. The van der Waals surface area contributed by atoms with Crippen molar-refractivity contribution in [1.82, 2.24) is 10.1 Å². The lowest BCUT2D eigenvalue weighted by atomic mass is 9.85. The Labute approximate surface area is 83.9 Å². The fourth-order valence-electron chi connectivity index (χ4n) is 2.03. The van der Waals surface area contributed by atoms with Gasteiger partial charge >= 0.3 is 0 Å². The van der Waals surface area contributed by atoms with Crippen molar-refractivity contribution in [3.8, 4) is 0 Å². The molecule has 0 aromatic carbocycles. The first kappa shape index (κ1) is 9.65. The van der Waals surface area contributed by atoms with Gasteiger partial charge in [-0.05, 0) is 12.8 Å². The van der Waals surface area contributed by atoms with Gasteiger partial charge in [0.2, 0.25) is 5.89 Å². The lowest BCUT2D eigenvalue weighted by molar-refractivity contribution is 0.289. The molecule has 1 aliphatic rings. The number of aryl methyl sites for hydroxylation is 1. The average molecular weight is 195 g/mol. The van der Waals surface area contributed by atoms with Crippen LogP contribution in [0.3, 0.4) is 0 Å². The van der Waals surface area contributed by atoms with E-state index >= 15 is 0 Å². The van der Waals surface area contributed by atoms with E-state index in [0.29, 0.717) is 0 Å². The van der Waals surface area contributed by atoms with Crippen LogP contribution < -0.4 is 5.73 Å². The molecular formula is C10H17N3O. The summed E-state index contributed by atoms with van der Waals surface area (Å²) in [7, 11) is 0. The Morgan fingerprint density at radius 3 is 2.86 bits per heavy atom. The molecule has 4 nitrogen and oxygen atoms in total. The number of hydrogen-bond donors (Lipinski definition) is 1. The van der Waals surface area contributed by atoms with Gasteiger partial charge in [0.25, 0.3) is 0 Å². The van der Waals surface area contributed by atoms with Gasteiger partial charge in [-0.1, -0.05) is 24.9 Å². The van der Waals surface area contributed by atoms with Crippen LogP contribution in [0.2, 0.25) is 0 Å². The zero-order valence-corrected chi connectivity index (χ0v) is 8.57. The zero-order valence-electron chi connectivity index (χ0n) is 8.57. The van der Waals surface area contributed by atoms with Crippen molar-refractivity contribution < 1.29 is 4.52 Å². The number of nitrogens with two attached hydrogens (primary N) is 1. The summed E-state index contributed by atoms with van der Waals surface area (Å²) in [6.07, 6.45) is 5.45. The van der Waals surface area contributed by atoms with E-state index in [9.17, 15) is 0 Å². The Morgan fingerprint density at radius 2 is 2.21 bits per heavy atom. The maximum Gasteiger partial charge on any atom is 0.231 e. The molecule has 2 rings (SSSR count). The van der Waals surface area contributed by atoms with E-state index in [2.05, 4.69) is 10.1 Å². The second-order valence-electron chi connectivity index (χ2n) is 3.96. The third-order valence-electron chi connectivity index (χ3n) is 2.94. The van der Waals surface area contributed by atoms with Crippen LogP contribution in [0.4, 0.5) is 0 Å². The standard InChI is InChI=1S/C10H17N3O/c1-2-9-12-10(14-13-9)7-5-3-4-6-8(7)11/h7-8H,2-6,11H2,1H3. The van der Waals surface area contributed by atoms with Crippen LogP contribution in [0.25, 0.3) is 0 Å². The van der Waals surface area contributed by atoms with Crippen LogP contribution in [0.15, 0.2) is 4.52 Å². The van der Waals surface area contributed by atoms with Crippen molar-refractivity contribution in [2.75, 3.05) is 0 Å². The topological polar surface area (TPSA) is 64.9 Å². The molecule has 1 aliphatic carbocycles. The second kappa shape index (κ2) is 4.09. The van der Waals surface area contributed by atoms with Crippen LogP contribution in [-0.2, 0) is 6.42 Å². The zero-order chi connectivity index (χ0) is 9.97. The Morgan fingerprint density at radius 1 is 1.43 bits per heavy atom. The van der Waals surface area contributed by atoms with Gasteiger partial charge in [-0.3, -0.25) is 0 Å². The van der Waals surface area contributed by atoms with Crippen LogP contribution in [0.5, 0.6) is 0 Å². The lowest BCUT2D eigenvalue weighted by Gasteiger charge is -2.25. The maximum atomic E-state index is 6.03. The van der Waals surface area contributed by atoms with Crippen LogP contribution in [-0.4, -0.2) is 16.2 Å². The molecule has 1 fully saturated rings. The molecule has 78 valence electrons. The van der Waals surface area contributed by atoms with Gasteiger partial charge in [-0.15, -0.1) is 0 Å². The summed E-state index contributed by atoms with van der Waals surface area (Å²) in [6.45, 7) is 2.02.